The number of rotatable bonds is 6. The molecular formula is C13H24N2O4S. The Kier molecular flexibility index (Phi) is 6.98. The highest BCUT2D eigenvalue weighted by atomic mass is 32.2. The van der Waals surface area contributed by atoms with Crippen molar-refractivity contribution in [3.8, 4) is 0 Å². The zero-order chi connectivity index (χ0) is 15.1. The summed E-state index contributed by atoms with van der Waals surface area (Å²) in [6.45, 7) is 3.65. The Hall–Kier alpha value is -1.11. The number of hydrogen-bond donors (Lipinski definition) is 2. The largest absolute Gasteiger partial charge is 0.481 e. The summed E-state index contributed by atoms with van der Waals surface area (Å²) in [4.78, 5) is 24.5. The minimum absolute atomic E-state index is 0.0752. The van der Waals surface area contributed by atoms with Crippen molar-refractivity contribution in [1.82, 2.24) is 10.2 Å². The van der Waals surface area contributed by atoms with Crippen LogP contribution in [0, 0.1) is 11.8 Å². The molecule has 0 aromatic heterocycles. The number of nitrogens with zero attached hydrogens (tertiary/aromatic N) is 1. The first-order valence-corrected chi connectivity index (χ1v) is 8.67. The van der Waals surface area contributed by atoms with Crippen molar-refractivity contribution < 1.29 is 18.9 Å². The number of likely N-dealkylation sites (tertiary alicyclic amines) is 1. The maximum Gasteiger partial charge on any atom is 0.317 e. The van der Waals surface area contributed by atoms with Crippen LogP contribution in [0.25, 0.3) is 0 Å². The van der Waals surface area contributed by atoms with Crippen LogP contribution in [0.5, 0.6) is 0 Å². The summed E-state index contributed by atoms with van der Waals surface area (Å²) in [5.74, 6) is -0.0139. The van der Waals surface area contributed by atoms with Gasteiger partial charge in [-0.25, -0.2) is 4.79 Å². The number of amides is 2. The first-order chi connectivity index (χ1) is 9.40. The maximum absolute atomic E-state index is 12.0. The maximum atomic E-state index is 12.0. The van der Waals surface area contributed by atoms with Crippen LogP contribution in [-0.4, -0.2) is 57.9 Å². The number of aliphatic carboxylic acids is 1. The Morgan fingerprint density at radius 3 is 2.80 bits per heavy atom. The fourth-order valence-corrected chi connectivity index (χ4v) is 2.90. The fraction of sp³-hybridized carbons (Fsp3) is 0.846. The summed E-state index contributed by atoms with van der Waals surface area (Å²) < 4.78 is 10.9. The average Bonchev–Trinajstić information content (AvgIpc) is 2.37. The molecule has 0 bridgehead atoms. The van der Waals surface area contributed by atoms with Gasteiger partial charge in [0.2, 0.25) is 0 Å². The summed E-state index contributed by atoms with van der Waals surface area (Å²) >= 11 is 0. The average molecular weight is 304 g/mol. The predicted octanol–water partition coefficient (Wildman–Crippen LogP) is 0.897. The van der Waals surface area contributed by atoms with Gasteiger partial charge < -0.3 is 15.3 Å². The summed E-state index contributed by atoms with van der Waals surface area (Å²) in [6.07, 6.45) is 3.63. The lowest BCUT2D eigenvalue weighted by Gasteiger charge is -2.35. The quantitative estimate of drug-likeness (QED) is 0.763. The van der Waals surface area contributed by atoms with E-state index >= 15 is 0 Å². The molecule has 3 atom stereocenters. The second kappa shape index (κ2) is 8.24. The van der Waals surface area contributed by atoms with Crippen molar-refractivity contribution in [1.29, 1.82) is 0 Å². The van der Waals surface area contributed by atoms with Crippen molar-refractivity contribution in [2.45, 2.75) is 26.2 Å². The van der Waals surface area contributed by atoms with E-state index in [0.29, 0.717) is 25.4 Å². The van der Waals surface area contributed by atoms with Crippen LogP contribution >= 0.6 is 0 Å². The Morgan fingerprint density at radius 1 is 1.50 bits per heavy atom. The molecule has 3 unspecified atom stereocenters. The highest BCUT2D eigenvalue weighted by Gasteiger charge is 2.28. The first-order valence-electron chi connectivity index (χ1n) is 6.94. The molecule has 1 rings (SSSR count). The highest BCUT2D eigenvalue weighted by molar-refractivity contribution is 7.84. The van der Waals surface area contributed by atoms with Crippen molar-refractivity contribution in [2.24, 2.45) is 11.8 Å². The third-order valence-electron chi connectivity index (χ3n) is 3.71. The van der Waals surface area contributed by atoms with Crippen LogP contribution in [0.2, 0.25) is 0 Å². The van der Waals surface area contributed by atoms with Gasteiger partial charge in [-0.2, -0.15) is 0 Å². The third kappa shape index (κ3) is 5.90. The lowest BCUT2D eigenvalue weighted by molar-refractivity contribution is -0.138. The minimum Gasteiger partial charge on any atom is -0.481 e. The number of nitrogens with one attached hydrogen (secondary N) is 1. The number of urea groups is 1. The molecule has 1 aliphatic heterocycles. The summed E-state index contributed by atoms with van der Waals surface area (Å²) in [7, 11) is -0.906. The topological polar surface area (TPSA) is 86.7 Å². The van der Waals surface area contributed by atoms with E-state index in [4.69, 9.17) is 5.11 Å². The monoisotopic (exact) mass is 304 g/mol. The Balaban J connectivity index is 2.41. The van der Waals surface area contributed by atoms with Crippen LogP contribution in [0.4, 0.5) is 4.79 Å². The second-order valence-corrected chi connectivity index (χ2v) is 6.99. The summed E-state index contributed by atoms with van der Waals surface area (Å²) in [6, 6.07) is -0.136. The molecular weight excluding hydrogens is 280 g/mol. The van der Waals surface area contributed by atoms with E-state index in [0.717, 1.165) is 12.8 Å². The van der Waals surface area contributed by atoms with E-state index in [-0.39, 0.29) is 24.3 Å². The van der Waals surface area contributed by atoms with Crippen molar-refractivity contribution in [3.63, 3.8) is 0 Å². The Morgan fingerprint density at radius 2 is 2.20 bits per heavy atom. The molecule has 2 N–H and O–H groups in total. The molecule has 0 spiro atoms. The van der Waals surface area contributed by atoms with Crippen LogP contribution in [-0.2, 0) is 15.6 Å². The van der Waals surface area contributed by atoms with Crippen molar-refractivity contribution in [3.05, 3.63) is 0 Å². The number of carbonyl (C=O) groups is 2. The molecule has 0 radical (unpaired) electrons. The van der Waals surface area contributed by atoms with Gasteiger partial charge in [-0.05, 0) is 24.7 Å². The summed E-state index contributed by atoms with van der Waals surface area (Å²) in [5, 5.41) is 11.6. The Bertz CT molecular complexity index is 375. The molecule has 6 nitrogen and oxygen atoms in total. The van der Waals surface area contributed by atoms with Gasteiger partial charge in [0.05, 0.1) is 0 Å². The van der Waals surface area contributed by atoms with Crippen molar-refractivity contribution >= 4 is 22.8 Å². The molecule has 2 amide bonds. The van der Waals surface area contributed by atoms with E-state index in [1.807, 2.05) is 6.92 Å². The molecule has 0 aliphatic carbocycles. The van der Waals surface area contributed by atoms with Crippen molar-refractivity contribution in [2.75, 3.05) is 31.6 Å². The molecule has 0 aromatic rings. The molecule has 0 aromatic carbocycles. The van der Waals surface area contributed by atoms with E-state index in [1.54, 1.807) is 11.2 Å². The molecule has 7 heteroatoms. The zero-order valence-corrected chi connectivity index (χ0v) is 12.9. The first kappa shape index (κ1) is 16.9. The van der Waals surface area contributed by atoms with Gasteiger partial charge in [0.1, 0.15) is 0 Å². The van der Waals surface area contributed by atoms with E-state index in [1.165, 1.54) is 0 Å². The fourth-order valence-electron chi connectivity index (χ4n) is 2.51. The minimum atomic E-state index is -0.906. The number of hydrogen-bond acceptors (Lipinski definition) is 3. The lowest BCUT2D eigenvalue weighted by Crippen LogP contribution is -2.47. The van der Waals surface area contributed by atoms with Crippen LogP contribution in [0.15, 0.2) is 0 Å². The SMILES string of the molecule is CC(CC(=O)O)C1CCCN(C(=O)NCCS(C)=O)C1. The van der Waals surface area contributed by atoms with Crippen LogP contribution < -0.4 is 5.32 Å². The molecule has 116 valence electrons. The van der Waals surface area contributed by atoms with Gasteiger partial charge in [0.15, 0.2) is 0 Å². The normalized spacial score (nSPS) is 22.1. The van der Waals surface area contributed by atoms with Crippen LogP contribution in [0.3, 0.4) is 0 Å². The summed E-state index contributed by atoms with van der Waals surface area (Å²) in [5.41, 5.74) is 0. The number of carboxylic acid groups (broad SMARTS) is 1. The molecule has 20 heavy (non-hydrogen) atoms. The van der Waals surface area contributed by atoms with Gasteiger partial charge in [0.25, 0.3) is 0 Å². The van der Waals surface area contributed by atoms with Gasteiger partial charge in [-0.3, -0.25) is 9.00 Å². The lowest BCUT2D eigenvalue weighted by atomic mass is 9.85. The van der Waals surface area contributed by atoms with E-state index in [2.05, 4.69) is 5.32 Å². The van der Waals surface area contributed by atoms with Gasteiger partial charge >= 0.3 is 12.0 Å². The third-order valence-corrected chi connectivity index (χ3v) is 4.49. The second-order valence-electron chi connectivity index (χ2n) is 5.43. The number of carboxylic acids is 1. The predicted molar refractivity (Wildman–Crippen MR) is 78.0 cm³/mol. The highest BCUT2D eigenvalue weighted by Crippen LogP contribution is 2.26. The molecule has 1 heterocycles. The molecule has 1 aliphatic rings. The molecule has 0 saturated carbocycles. The Labute approximate surface area is 122 Å². The van der Waals surface area contributed by atoms with E-state index < -0.39 is 16.8 Å². The van der Waals surface area contributed by atoms with Crippen LogP contribution in [0.1, 0.15) is 26.2 Å². The number of carbonyl (C=O) groups excluding carboxylic acids is 1. The van der Waals surface area contributed by atoms with Gasteiger partial charge in [-0.15, -0.1) is 0 Å². The van der Waals surface area contributed by atoms with Gasteiger partial charge in [-0.1, -0.05) is 6.92 Å². The zero-order valence-electron chi connectivity index (χ0n) is 12.1. The smallest absolute Gasteiger partial charge is 0.317 e. The number of piperidine rings is 1. The van der Waals surface area contributed by atoms with E-state index in [9.17, 15) is 13.8 Å². The molecule has 1 fully saturated rings. The molecule has 1 saturated heterocycles. The standard InChI is InChI=1S/C13H24N2O4S/c1-10(8-12(16)17)11-4-3-6-15(9-11)13(18)14-5-7-20(2)19/h10-11H,3-9H2,1-2H3,(H,14,18)(H,16,17). The van der Waals surface area contributed by atoms with Gasteiger partial charge in [0, 0.05) is 48.9 Å².